The highest BCUT2D eigenvalue weighted by Gasteiger charge is 2.07. The average Bonchev–Trinajstić information content (AvgIpc) is 2.55. The van der Waals surface area contributed by atoms with Crippen LogP contribution in [0.5, 0.6) is 5.75 Å². The number of pyridine rings is 1. The Hall–Kier alpha value is -2.20. The Balaban J connectivity index is 1.93. The molecule has 1 aromatic heterocycles. The third kappa shape index (κ3) is 3.77. The summed E-state index contributed by atoms with van der Waals surface area (Å²) >= 11 is 1.58. The fourth-order valence-corrected chi connectivity index (χ4v) is 3.01. The van der Waals surface area contributed by atoms with Gasteiger partial charge in [0.25, 0.3) is 0 Å². The van der Waals surface area contributed by atoms with Crippen molar-refractivity contribution in [3.05, 3.63) is 59.8 Å². The fourth-order valence-electron chi connectivity index (χ4n) is 2.35. The molecular formula is C19H20N2OS. The number of rotatable bonds is 5. The normalized spacial score (nSPS) is 10.7. The van der Waals surface area contributed by atoms with Crippen LogP contribution in [0, 0.1) is 13.8 Å². The lowest BCUT2D eigenvalue weighted by molar-refractivity contribution is 0.341. The quantitative estimate of drug-likeness (QED) is 0.640. The Kier molecular flexibility index (Phi) is 4.72. The van der Waals surface area contributed by atoms with E-state index in [1.165, 1.54) is 10.5 Å². The Morgan fingerprint density at radius 2 is 1.83 bits per heavy atom. The molecular weight excluding hydrogens is 304 g/mol. The molecule has 0 saturated carbocycles. The zero-order chi connectivity index (χ0) is 16.2. The van der Waals surface area contributed by atoms with Crippen LogP contribution in [0.25, 0.3) is 10.9 Å². The number of aryl methyl sites for hydroxylation is 2. The summed E-state index contributed by atoms with van der Waals surface area (Å²) < 4.78 is 9.10. The number of nitrogens with zero attached hydrogens (tertiary/aromatic N) is 1. The van der Waals surface area contributed by atoms with Crippen molar-refractivity contribution in [2.24, 2.45) is 0 Å². The first kappa shape index (κ1) is 15.7. The van der Waals surface area contributed by atoms with E-state index in [0.717, 1.165) is 28.0 Å². The lowest BCUT2D eigenvalue weighted by atomic mass is 10.1. The first-order valence-electron chi connectivity index (χ1n) is 7.69. The predicted octanol–water partition coefficient (Wildman–Crippen LogP) is 5.37. The molecule has 0 spiro atoms. The molecule has 0 bridgehead atoms. The molecule has 3 aromatic rings. The van der Waals surface area contributed by atoms with E-state index in [1.54, 1.807) is 11.9 Å². The number of hydrogen-bond donors (Lipinski definition) is 1. The SMILES string of the molecule is CCOc1cc(NSc2ccc(C)cc2)c2nc(C)ccc2c1. The summed E-state index contributed by atoms with van der Waals surface area (Å²) in [5.74, 6) is 0.859. The van der Waals surface area contributed by atoms with Crippen LogP contribution in [0.3, 0.4) is 0 Å². The van der Waals surface area contributed by atoms with Crippen LogP contribution in [0.4, 0.5) is 5.69 Å². The second-order valence-corrected chi connectivity index (χ2v) is 6.33. The van der Waals surface area contributed by atoms with Crippen molar-refractivity contribution >= 4 is 28.5 Å². The smallest absolute Gasteiger partial charge is 0.122 e. The van der Waals surface area contributed by atoms with Gasteiger partial charge in [0.2, 0.25) is 0 Å². The van der Waals surface area contributed by atoms with Gasteiger partial charge in [-0.2, -0.15) is 0 Å². The van der Waals surface area contributed by atoms with Gasteiger partial charge >= 0.3 is 0 Å². The van der Waals surface area contributed by atoms with Crippen LogP contribution in [0.1, 0.15) is 18.2 Å². The van der Waals surface area contributed by atoms with Crippen LogP contribution < -0.4 is 9.46 Å². The molecule has 3 rings (SSSR count). The number of nitrogens with one attached hydrogen (secondary N) is 1. The largest absolute Gasteiger partial charge is 0.494 e. The van der Waals surface area contributed by atoms with Crippen molar-refractivity contribution < 1.29 is 4.74 Å². The number of hydrogen-bond acceptors (Lipinski definition) is 4. The van der Waals surface area contributed by atoms with E-state index in [0.29, 0.717) is 6.61 Å². The van der Waals surface area contributed by atoms with Crippen LogP contribution in [0.15, 0.2) is 53.4 Å². The molecule has 4 heteroatoms. The molecule has 118 valence electrons. The van der Waals surface area contributed by atoms with Crippen LogP contribution in [0.2, 0.25) is 0 Å². The van der Waals surface area contributed by atoms with E-state index in [-0.39, 0.29) is 0 Å². The van der Waals surface area contributed by atoms with E-state index in [9.17, 15) is 0 Å². The molecule has 0 fully saturated rings. The van der Waals surface area contributed by atoms with Crippen LogP contribution >= 0.6 is 11.9 Å². The van der Waals surface area contributed by atoms with Gasteiger partial charge in [-0.1, -0.05) is 23.8 Å². The van der Waals surface area contributed by atoms with Gasteiger partial charge in [0.1, 0.15) is 5.75 Å². The Morgan fingerprint density at radius 3 is 2.57 bits per heavy atom. The van der Waals surface area contributed by atoms with Crippen molar-refractivity contribution in [1.82, 2.24) is 4.98 Å². The molecule has 23 heavy (non-hydrogen) atoms. The number of anilines is 1. The summed E-state index contributed by atoms with van der Waals surface area (Å²) in [6.45, 7) is 6.74. The van der Waals surface area contributed by atoms with Crippen molar-refractivity contribution in [3.8, 4) is 5.75 Å². The van der Waals surface area contributed by atoms with Gasteiger partial charge in [0, 0.05) is 22.0 Å². The summed E-state index contributed by atoms with van der Waals surface area (Å²) in [4.78, 5) is 5.84. The van der Waals surface area contributed by atoms with E-state index < -0.39 is 0 Å². The summed E-state index contributed by atoms with van der Waals surface area (Å²) in [5, 5.41) is 1.08. The third-order valence-corrected chi connectivity index (χ3v) is 4.35. The highest BCUT2D eigenvalue weighted by atomic mass is 32.2. The molecule has 1 heterocycles. The molecule has 0 radical (unpaired) electrons. The molecule has 0 unspecified atom stereocenters. The van der Waals surface area contributed by atoms with E-state index in [2.05, 4.69) is 47.0 Å². The van der Waals surface area contributed by atoms with Gasteiger partial charge in [-0.3, -0.25) is 4.98 Å². The minimum absolute atomic E-state index is 0.648. The van der Waals surface area contributed by atoms with Crippen LogP contribution in [-0.2, 0) is 0 Å². The zero-order valence-corrected chi connectivity index (χ0v) is 14.4. The Labute approximate surface area is 141 Å². The lowest BCUT2D eigenvalue weighted by Crippen LogP contribution is -1.96. The van der Waals surface area contributed by atoms with Crippen molar-refractivity contribution in [1.29, 1.82) is 0 Å². The Bertz CT molecular complexity index is 815. The molecule has 0 aliphatic heterocycles. The van der Waals surface area contributed by atoms with Crippen molar-refractivity contribution in [2.45, 2.75) is 25.7 Å². The van der Waals surface area contributed by atoms with Crippen molar-refractivity contribution in [2.75, 3.05) is 11.3 Å². The molecule has 3 nitrogen and oxygen atoms in total. The van der Waals surface area contributed by atoms with Gasteiger partial charge in [-0.15, -0.1) is 0 Å². The fraction of sp³-hybridized carbons (Fsp3) is 0.211. The topological polar surface area (TPSA) is 34.1 Å². The maximum absolute atomic E-state index is 5.68. The third-order valence-electron chi connectivity index (χ3n) is 3.52. The maximum Gasteiger partial charge on any atom is 0.122 e. The van der Waals surface area contributed by atoms with Gasteiger partial charge in [0.15, 0.2) is 0 Å². The molecule has 0 aliphatic rings. The van der Waals surface area contributed by atoms with Gasteiger partial charge in [0.05, 0.1) is 17.8 Å². The monoisotopic (exact) mass is 324 g/mol. The zero-order valence-electron chi connectivity index (χ0n) is 13.6. The maximum atomic E-state index is 5.68. The Morgan fingerprint density at radius 1 is 1.04 bits per heavy atom. The minimum atomic E-state index is 0.648. The van der Waals surface area contributed by atoms with E-state index >= 15 is 0 Å². The standard InChI is InChI=1S/C19H20N2OS/c1-4-22-16-11-15-8-7-14(3)20-19(15)18(12-16)21-23-17-9-5-13(2)6-10-17/h5-12,21H,4H2,1-3H3. The first-order chi connectivity index (χ1) is 11.2. The molecule has 2 aromatic carbocycles. The first-order valence-corrected chi connectivity index (χ1v) is 8.51. The van der Waals surface area contributed by atoms with Crippen molar-refractivity contribution in [3.63, 3.8) is 0 Å². The minimum Gasteiger partial charge on any atom is -0.494 e. The molecule has 0 atom stereocenters. The lowest BCUT2D eigenvalue weighted by Gasteiger charge is -2.12. The molecule has 1 N–H and O–H groups in total. The number of benzene rings is 2. The molecule has 0 aliphatic carbocycles. The summed E-state index contributed by atoms with van der Waals surface area (Å²) in [6, 6.07) is 16.6. The molecule has 0 saturated heterocycles. The number of fused-ring (bicyclic) bond motifs is 1. The highest BCUT2D eigenvalue weighted by molar-refractivity contribution is 8.00. The van der Waals surface area contributed by atoms with Crippen LogP contribution in [-0.4, -0.2) is 11.6 Å². The van der Waals surface area contributed by atoms with Gasteiger partial charge in [-0.05, 0) is 57.0 Å². The van der Waals surface area contributed by atoms with Gasteiger partial charge < -0.3 is 9.46 Å². The molecule has 0 amide bonds. The number of aromatic nitrogens is 1. The summed E-state index contributed by atoms with van der Waals surface area (Å²) in [5.41, 5.74) is 4.20. The van der Waals surface area contributed by atoms with E-state index in [1.807, 2.05) is 32.0 Å². The van der Waals surface area contributed by atoms with Gasteiger partial charge in [-0.25, -0.2) is 0 Å². The van der Waals surface area contributed by atoms with E-state index in [4.69, 9.17) is 4.74 Å². The summed E-state index contributed by atoms with van der Waals surface area (Å²) in [7, 11) is 0. The summed E-state index contributed by atoms with van der Waals surface area (Å²) in [6.07, 6.45) is 0. The second-order valence-electron chi connectivity index (χ2n) is 5.45. The second kappa shape index (κ2) is 6.92. The average molecular weight is 324 g/mol. The predicted molar refractivity (Wildman–Crippen MR) is 98.3 cm³/mol. The highest BCUT2D eigenvalue weighted by Crippen LogP contribution is 2.31. The number of ether oxygens (including phenoxy) is 1.